The number of ether oxygens (including phenoxy) is 1. The number of hydrogen-bond donors (Lipinski definition) is 1. The number of alkyl halides is 3. The standard InChI is InChI=1S/C10H16F3N3O2/c1-6(2)8(14)9-15-7(18-16-9)3-4-17-5-10(11,12)13/h6,8H,3-5,14H2,1-2H3. The summed E-state index contributed by atoms with van der Waals surface area (Å²) >= 11 is 0. The third-order valence-electron chi connectivity index (χ3n) is 2.23. The van der Waals surface area contributed by atoms with Gasteiger partial charge in [0.1, 0.15) is 6.61 Å². The highest BCUT2D eigenvalue weighted by Crippen LogP contribution is 2.16. The molecule has 0 radical (unpaired) electrons. The van der Waals surface area contributed by atoms with Crippen LogP contribution in [0.25, 0.3) is 0 Å². The van der Waals surface area contributed by atoms with E-state index < -0.39 is 12.8 Å². The summed E-state index contributed by atoms with van der Waals surface area (Å²) in [7, 11) is 0. The minimum atomic E-state index is -4.32. The molecule has 0 bridgehead atoms. The minimum absolute atomic E-state index is 0.127. The van der Waals surface area contributed by atoms with Gasteiger partial charge in [0, 0.05) is 0 Å². The number of nitrogens with two attached hydrogens (primary N) is 1. The van der Waals surface area contributed by atoms with Crippen molar-refractivity contribution in [3.63, 3.8) is 0 Å². The predicted molar refractivity (Wildman–Crippen MR) is 56.6 cm³/mol. The first-order chi connectivity index (χ1) is 8.29. The number of aromatic nitrogens is 2. The third kappa shape index (κ3) is 5.01. The highest BCUT2D eigenvalue weighted by molar-refractivity contribution is 4.94. The fraction of sp³-hybridized carbons (Fsp3) is 0.800. The van der Waals surface area contributed by atoms with Gasteiger partial charge in [0.25, 0.3) is 0 Å². The zero-order valence-corrected chi connectivity index (χ0v) is 10.2. The van der Waals surface area contributed by atoms with Gasteiger partial charge in [-0.3, -0.25) is 0 Å². The van der Waals surface area contributed by atoms with Gasteiger partial charge in [0.05, 0.1) is 19.1 Å². The Hall–Kier alpha value is -1.15. The van der Waals surface area contributed by atoms with Crippen LogP contribution in [0.3, 0.4) is 0 Å². The van der Waals surface area contributed by atoms with Gasteiger partial charge in [-0.1, -0.05) is 19.0 Å². The molecule has 0 saturated heterocycles. The van der Waals surface area contributed by atoms with Gasteiger partial charge in [0.15, 0.2) is 5.82 Å². The molecule has 1 aromatic rings. The first kappa shape index (κ1) is 14.9. The summed E-state index contributed by atoms with van der Waals surface area (Å²) in [6.07, 6.45) is -4.19. The maximum Gasteiger partial charge on any atom is 0.411 e. The Morgan fingerprint density at radius 2 is 2.06 bits per heavy atom. The van der Waals surface area contributed by atoms with Gasteiger partial charge >= 0.3 is 6.18 Å². The zero-order valence-electron chi connectivity index (χ0n) is 10.2. The summed E-state index contributed by atoms with van der Waals surface area (Å²) in [6, 6.07) is -0.349. The van der Waals surface area contributed by atoms with E-state index in [0.29, 0.717) is 5.82 Å². The SMILES string of the molecule is CC(C)C(N)c1noc(CCOCC(F)(F)F)n1. The molecule has 0 amide bonds. The van der Waals surface area contributed by atoms with E-state index in [1.807, 2.05) is 13.8 Å². The quantitative estimate of drug-likeness (QED) is 0.796. The molecule has 18 heavy (non-hydrogen) atoms. The van der Waals surface area contributed by atoms with Crippen LogP contribution in [0.4, 0.5) is 13.2 Å². The van der Waals surface area contributed by atoms with Crippen molar-refractivity contribution in [3.05, 3.63) is 11.7 Å². The van der Waals surface area contributed by atoms with E-state index in [2.05, 4.69) is 14.9 Å². The molecule has 5 nitrogen and oxygen atoms in total. The van der Waals surface area contributed by atoms with Crippen molar-refractivity contribution < 1.29 is 22.4 Å². The topological polar surface area (TPSA) is 74.2 Å². The van der Waals surface area contributed by atoms with Crippen molar-refractivity contribution in [2.45, 2.75) is 32.5 Å². The molecule has 0 aliphatic carbocycles. The van der Waals surface area contributed by atoms with E-state index in [1.54, 1.807) is 0 Å². The summed E-state index contributed by atoms with van der Waals surface area (Å²) in [4.78, 5) is 4.00. The van der Waals surface area contributed by atoms with Crippen LogP contribution in [0.1, 0.15) is 31.6 Å². The second-order valence-corrected chi connectivity index (χ2v) is 4.23. The minimum Gasteiger partial charge on any atom is -0.372 e. The average Bonchev–Trinajstić information content (AvgIpc) is 2.70. The number of rotatable bonds is 6. The molecule has 1 rings (SSSR count). The van der Waals surface area contributed by atoms with Crippen LogP contribution in [-0.4, -0.2) is 29.5 Å². The van der Waals surface area contributed by atoms with Gasteiger partial charge < -0.3 is 15.0 Å². The van der Waals surface area contributed by atoms with Crippen molar-refractivity contribution in [1.29, 1.82) is 0 Å². The van der Waals surface area contributed by atoms with Gasteiger partial charge in [-0.25, -0.2) is 0 Å². The molecule has 1 atom stereocenters. The lowest BCUT2D eigenvalue weighted by Gasteiger charge is -2.09. The molecule has 1 heterocycles. The molecule has 1 aromatic heterocycles. The maximum atomic E-state index is 11.8. The number of hydrogen-bond acceptors (Lipinski definition) is 5. The van der Waals surface area contributed by atoms with Crippen molar-refractivity contribution in [2.24, 2.45) is 11.7 Å². The van der Waals surface area contributed by atoms with Crippen LogP contribution in [0.5, 0.6) is 0 Å². The lowest BCUT2D eigenvalue weighted by atomic mass is 10.1. The van der Waals surface area contributed by atoms with Gasteiger partial charge in [0.2, 0.25) is 5.89 Å². The van der Waals surface area contributed by atoms with Crippen LogP contribution in [0.15, 0.2) is 4.52 Å². The molecule has 0 fully saturated rings. The zero-order chi connectivity index (χ0) is 13.8. The molecular formula is C10H16F3N3O2. The second-order valence-electron chi connectivity index (χ2n) is 4.23. The van der Waals surface area contributed by atoms with Crippen LogP contribution in [0, 0.1) is 5.92 Å². The Kier molecular flexibility index (Phi) is 5.09. The fourth-order valence-electron chi connectivity index (χ4n) is 1.15. The Morgan fingerprint density at radius 3 is 2.61 bits per heavy atom. The normalized spacial score (nSPS) is 14.2. The van der Waals surface area contributed by atoms with Gasteiger partial charge in [-0.15, -0.1) is 0 Å². The van der Waals surface area contributed by atoms with E-state index in [1.165, 1.54) is 0 Å². The summed E-state index contributed by atoms with van der Waals surface area (Å²) in [5.41, 5.74) is 5.80. The van der Waals surface area contributed by atoms with Crippen LogP contribution in [-0.2, 0) is 11.2 Å². The summed E-state index contributed by atoms with van der Waals surface area (Å²) in [6.45, 7) is 2.41. The van der Waals surface area contributed by atoms with Crippen molar-refractivity contribution in [2.75, 3.05) is 13.2 Å². The monoisotopic (exact) mass is 267 g/mol. The summed E-state index contributed by atoms with van der Waals surface area (Å²) < 4.78 is 44.7. The van der Waals surface area contributed by atoms with Crippen molar-refractivity contribution in [3.8, 4) is 0 Å². The summed E-state index contributed by atoms with van der Waals surface area (Å²) in [5, 5.41) is 3.68. The highest BCUT2D eigenvalue weighted by atomic mass is 19.4. The number of nitrogens with zero attached hydrogens (tertiary/aromatic N) is 2. The molecule has 0 aliphatic rings. The van der Waals surface area contributed by atoms with E-state index >= 15 is 0 Å². The Balaban J connectivity index is 2.36. The smallest absolute Gasteiger partial charge is 0.372 e. The Labute approximate surface area is 102 Å². The molecule has 2 N–H and O–H groups in total. The first-order valence-corrected chi connectivity index (χ1v) is 5.52. The number of halogens is 3. The first-order valence-electron chi connectivity index (χ1n) is 5.52. The maximum absolute atomic E-state index is 11.8. The fourth-order valence-corrected chi connectivity index (χ4v) is 1.15. The van der Waals surface area contributed by atoms with Crippen LogP contribution >= 0.6 is 0 Å². The van der Waals surface area contributed by atoms with Gasteiger partial charge in [-0.2, -0.15) is 18.2 Å². The molecule has 0 saturated carbocycles. The molecular weight excluding hydrogens is 251 g/mol. The van der Waals surface area contributed by atoms with Crippen molar-refractivity contribution in [1.82, 2.24) is 10.1 Å². The third-order valence-corrected chi connectivity index (χ3v) is 2.23. The predicted octanol–water partition coefficient (Wildman–Crippen LogP) is 1.85. The second kappa shape index (κ2) is 6.14. The highest BCUT2D eigenvalue weighted by Gasteiger charge is 2.27. The van der Waals surface area contributed by atoms with E-state index in [0.717, 1.165) is 0 Å². The molecule has 1 unspecified atom stereocenters. The molecule has 104 valence electrons. The Bertz CT molecular complexity index is 365. The lowest BCUT2D eigenvalue weighted by Crippen LogP contribution is -2.18. The average molecular weight is 267 g/mol. The Morgan fingerprint density at radius 1 is 1.39 bits per heavy atom. The molecule has 0 spiro atoms. The lowest BCUT2D eigenvalue weighted by molar-refractivity contribution is -0.173. The van der Waals surface area contributed by atoms with Crippen LogP contribution < -0.4 is 5.73 Å². The van der Waals surface area contributed by atoms with E-state index in [9.17, 15) is 13.2 Å². The summed E-state index contributed by atoms with van der Waals surface area (Å²) in [5.74, 6) is 0.732. The molecule has 0 aromatic carbocycles. The van der Waals surface area contributed by atoms with Gasteiger partial charge in [-0.05, 0) is 5.92 Å². The van der Waals surface area contributed by atoms with Crippen LogP contribution in [0.2, 0.25) is 0 Å². The molecule has 0 aliphatic heterocycles. The van der Waals surface area contributed by atoms with E-state index in [4.69, 9.17) is 10.3 Å². The molecule has 8 heteroatoms. The van der Waals surface area contributed by atoms with E-state index in [-0.39, 0.29) is 30.9 Å². The largest absolute Gasteiger partial charge is 0.411 e. The van der Waals surface area contributed by atoms with Crippen molar-refractivity contribution >= 4 is 0 Å².